The number of sulfonamides is 1. The number of nitrogens with zero attached hydrogens (tertiary/aromatic N) is 3. The first-order chi connectivity index (χ1) is 14.5. The number of urea groups is 1. The molecule has 1 saturated heterocycles. The van der Waals surface area contributed by atoms with E-state index in [0.29, 0.717) is 29.7 Å². The number of hydrogen-bond donors (Lipinski definition) is 2. The highest BCUT2D eigenvalue weighted by Gasteiger charge is 2.28. The van der Waals surface area contributed by atoms with Gasteiger partial charge in [0, 0.05) is 30.2 Å². The summed E-state index contributed by atoms with van der Waals surface area (Å²) in [6.45, 7) is 2.02. The fourth-order valence-electron chi connectivity index (χ4n) is 3.26. The van der Waals surface area contributed by atoms with Crippen molar-refractivity contribution in [2.24, 2.45) is 0 Å². The number of carbonyl (C=O) groups excluding carboxylic acids is 1. The van der Waals surface area contributed by atoms with Gasteiger partial charge in [-0.3, -0.25) is 10.00 Å². The van der Waals surface area contributed by atoms with Crippen molar-refractivity contribution in [3.8, 4) is 0 Å². The number of nitrogens with one attached hydrogen (secondary N) is 2. The third-order valence-electron chi connectivity index (χ3n) is 4.79. The fourth-order valence-corrected chi connectivity index (χ4v) is 6.23. The fraction of sp³-hybridized carbons (Fsp3) is 0.300. The monoisotopic (exact) mass is 445 g/mol. The Morgan fingerprint density at radius 2 is 1.83 bits per heavy atom. The van der Waals surface area contributed by atoms with Crippen LogP contribution in [0.2, 0.25) is 0 Å². The molecule has 2 N–H and O–H groups in total. The molecule has 3 aromatic rings. The molecule has 1 aliphatic rings. The van der Waals surface area contributed by atoms with Crippen molar-refractivity contribution < 1.29 is 13.2 Å². The third-order valence-corrected chi connectivity index (χ3v) is 8.24. The number of amides is 2. The summed E-state index contributed by atoms with van der Waals surface area (Å²) >= 11 is 1.19. The van der Waals surface area contributed by atoms with Crippen LogP contribution in [0, 0.1) is 0 Å². The lowest BCUT2D eigenvalue weighted by Crippen LogP contribution is -2.28. The lowest BCUT2D eigenvalue weighted by atomic mass is 10.2. The second kappa shape index (κ2) is 8.99. The van der Waals surface area contributed by atoms with Crippen molar-refractivity contribution in [2.75, 3.05) is 18.4 Å². The number of benzene rings is 1. The second-order valence-corrected chi connectivity index (χ2v) is 10.4. The summed E-state index contributed by atoms with van der Waals surface area (Å²) < 4.78 is 28.8. The standard InChI is InChI=1S/C20H23N5O3S2/c26-20(22-18-10-13-24(23-18)15-16-6-2-1-3-7-16)21-14-17-8-9-19(29-17)30(27,28)25-11-4-5-12-25/h1-3,6-10,13H,4-5,11-12,14-15H2,(H2,21,22,23,26). The maximum absolute atomic E-state index is 12.6. The molecule has 4 rings (SSSR count). The van der Waals surface area contributed by atoms with Crippen LogP contribution in [0.3, 0.4) is 0 Å². The Balaban J connectivity index is 1.29. The van der Waals surface area contributed by atoms with Crippen molar-refractivity contribution in [2.45, 2.75) is 30.1 Å². The highest BCUT2D eigenvalue weighted by atomic mass is 32.2. The molecular weight excluding hydrogens is 422 g/mol. The van der Waals surface area contributed by atoms with Crippen LogP contribution in [0.4, 0.5) is 10.6 Å². The molecule has 10 heteroatoms. The summed E-state index contributed by atoms with van der Waals surface area (Å²) in [6, 6.07) is 14.6. The molecule has 3 heterocycles. The van der Waals surface area contributed by atoms with Gasteiger partial charge in [0.15, 0.2) is 5.82 Å². The number of thiophene rings is 1. The van der Waals surface area contributed by atoms with Crippen molar-refractivity contribution >= 4 is 33.2 Å². The van der Waals surface area contributed by atoms with Crippen LogP contribution in [-0.4, -0.2) is 41.6 Å². The molecule has 8 nitrogen and oxygen atoms in total. The van der Waals surface area contributed by atoms with Crippen LogP contribution < -0.4 is 10.6 Å². The zero-order chi connectivity index (χ0) is 21.0. The number of carbonyl (C=O) groups is 1. The van der Waals surface area contributed by atoms with Crippen LogP contribution in [0.15, 0.2) is 58.9 Å². The van der Waals surface area contributed by atoms with Crippen LogP contribution >= 0.6 is 11.3 Å². The van der Waals surface area contributed by atoms with E-state index in [4.69, 9.17) is 0 Å². The Kier molecular flexibility index (Phi) is 6.16. The minimum absolute atomic E-state index is 0.247. The van der Waals surface area contributed by atoms with Gasteiger partial charge in [-0.05, 0) is 30.5 Å². The molecule has 0 unspecified atom stereocenters. The lowest BCUT2D eigenvalue weighted by Gasteiger charge is -2.13. The minimum atomic E-state index is -3.42. The van der Waals surface area contributed by atoms with Gasteiger partial charge in [-0.2, -0.15) is 9.40 Å². The molecule has 1 fully saturated rings. The van der Waals surface area contributed by atoms with E-state index in [1.165, 1.54) is 15.6 Å². The van der Waals surface area contributed by atoms with Gasteiger partial charge in [-0.15, -0.1) is 11.3 Å². The molecule has 2 aromatic heterocycles. The molecule has 2 amide bonds. The van der Waals surface area contributed by atoms with E-state index in [2.05, 4.69) is 15.7 Å². The highest BCUT2D eigenvalue weighted by molar-refractivity contribution is 7.91. The normalized spacial score (nSPS) is 14.7. The van der Waals surface area contributed by atoms with Gasteiger partial charge in [-0.25, -0.2) is 13.2 Å². The van der Waals surface area contributed by atoms with E-state index < -0.39 is 16.1 Å². The maximum Gasteiger partial charge on any atom is 0.320 e. The summed E-state index contributed by atoms with van der Waals surface area (Å²) in [7, 11) is -3.42. The predicted molar refractivity (Wildman–Crippen MR) is 116 cm³/mol. The molecule has 1 aliphatic heterocycles. The van der Waals surface area contributed by atoms with Crippen LogP contribution in [0.1, 0.15) is 23.3 Å². The average molecular weight is 446 g/mol. The molecule has 0 aliphatic carbocycles. The summed E-state index contributed by atoms with van der Waals surface area (Å²) in [6.07, 6.45) is 3.61. The topological polar surface area (TPSA) is 96.3 Å². The molecule has 0 saturated carbocycles. The van der Waals surface area contributed by atoms with Gasteiger partial charge in [-0.1, -0.05) is 30.3 Å². The van der Waals surface area contributed by atoms with Gasteiger partial charge in [0.05, 0.1) is 13.1 Å². The van der Waals surface area contributed by atoms with Crippen molar-refractivity contribution in [1.29, 1.82) is 0 Å². The molecule has 1 aromatic carbocycles. The summed E-state index contributed by atoms with van der Waals surface area (Å²) in [5, 5.41) is 9.78. The van der Waals surface area contributed by atoms with Crippen molar-refractivity contribution in [3.63, 3.8) is 0 Å². The molecular formula is C20H23N5O3S2. The zero-order valence-electron chi connectivity index (χ0n) is 16.3. The number of hydrogen-bond acceptors (Lipinski definition) is 5. The van der Waals surface area contributed by atoms with E-state index in [1.807, 2.05) is 30.3 Å². The summed E-state index contributed by atoms with van der Waals surface area (Å²) in [5.74, 6) is 0.451. The lowest BCUT2D eigenvalue weighted by molar-refractivity contribution is 0.251. The third kappa shape index (κ3) is 4.89. The number of aromatic nitrogens is 2. The zero-order valence-corrected chi connectivity index (χ0v) is 18.0. The quantitative estimate of drug-likeness (QED) is 0.584. The SMILES string of the molecule is O=C(NCc1ccc(S(=O)(=O)N2CCCC2)s1)Nc1ccn(Cc2ccccc2)n1. The van der Waals surface area contributed by atoms with Gasteiger partial charge in [0.1, 0.15) is 4.21 Å². The Labute approximate surface area is 179 Å². The molecule has 0 atom stereocenters. The predicted octanol–water partition coefficient (Wildman–Crippen LogP) is 3.10. The second-order valence-electron chi connectivity index (χ2n) is 7.02. The van der Waals surface area contributed by atoms with E-state index in [9.17, 15) is 13.2 Å². The van der Waals surface area contributed by atoms with Crippen LogP contribution in [-0.2, 0) is 23.1 Å². The highest BCUT2D eigenvalue weighted by Crippen LogP contribution is 2.27. The van der Waals surface area contributed by atoms with Crippen molar-refractivity contribution in [3.05, 3.63) is 65.2 Å². The first kappa shape index (κ1) is 20.6. The molecule has 0 bridgehead atoms. The Hall–Kier alpha value is -2.69. The van der Waals surface area contributed by atoms with Crippen LogP contribution in [0.25, 0.3) is 0 Å². The van der Waals surface area contributed by atoms with E-state index in [-0.39, 0.29) is 6.54 Å². The largest absolute Gasteiger partial charge is 0.333 e. The van der Waals surface area contributed by atoms with E-state index in [0.717, 1.165) is 23.3 Å². The summed E-state index contributed by atoms with van der Waals surface area (Å²) in [5.41, 5.74) is 1.12. The van der Waals surface area contributed by atoms with Gasteiger partial charge >= 0.3 is 6.03 Å². The number of rotatable bonds is 7. The van der Waals surface area contributed by atoms with E-state index in [1.54, 1.807) is 29.1 Å². The average Bonchev–Trinajstić information content (AvgIpc) is 3.50. The molecule has 0 spiro atoms. The molecule has 0 radical (unpaired) electrons. The van der Waals surface area contributed by atoms with Crippen LogP contribution in [0.5, 0.6) is 0 Å². The molecule has 30 heavy (non-hydrogen) atoms. The minimum Gasteiger partial charge on any atom is -0.333 e. The van der Waals surface area contributed by atoms with Gasteiger partial charge in [0.25, 0.3) is 10.0 Å². The smallest absolute Gasteiger partial charge is 0.320 e. The first-order valence-corrected chi connectivity index (χ1v) is 12.0. The maximum atomic E-state index is 12.6. The Morgan fingerprint density at radius 3 is 2.60 bits per heavy atom. The van der Waals surface area contributed by atoms with E-state index >= 15 is 0 Å². The first-order valence-electron chi connectivity index (χ1n) is 9.72. The Morgan fingerprint density at radius 1 is 1.07 bits per heavy atom. The van der Waals surface area contributed by atoms with Gasteiger partial charge in [0.2, 0.25) is 0 Å². The number of anilines is 1. The summed E-state index contributed by atoms with van der Waals surface area (Å²) in [4.78, 5) is 12.9. The van der Waals surface area contributed by atoms with Crippen molar-refractivity contribution in [1.82, 2.24) is 19.4 Å². The van der Waals surface area contributed by atoms with Gasteiger partial charge < -0.3 is 5.32 Å². The molecule has 158 valence electrons. The Bertz CT molecular complexity index is 1100.